The quantitative estimate of drug-likeness (QED) is 0.649. The van der Waals surface area contributed by atoms with Crippen LogP contribution in [0.4, 0.5) is 0 Å². The fourth-order valence-corrected chi connectivity index (χ4v) is 3.48. The summed E-state index contributed by atoms with van der Waals surface area (Å²) in [6, 6.07) is 17.0. The number of amides is 2. The molecule has 3 rings (SSSR count). The zero-order valence-electron chi connectivity index (χ0n) is 17.0. The van der Waals surface area contributed by atoms with Crippen molar-refractivity contribution in [2.24, 2.45) is 7.05 Å². The van der Waals surface area contributed by atoms with Gasteiger partial charge in [-0.05, 0) is 23.1 Å². The first-order chi connectivity index (χ1) is 13.8. The van der Waals surface area contributed by atoms with Gasteiger partial charge in [-0.1, -0.05) is 75.0 Å². The molecule has 3 aromatic rings. The highest BCUT2D eigenvalue weighted by atomic mass is 32.2. The van der Waals surface area contributed by atoms with Gasteiger partial charge in [-0.25, -0.2) is 0 Å². The van der Waals surface area contributed by atoms with Gasteiger partial charge in [0.05, 0.1) is 5.75 Å². The van der Waals surface area contributed by atoms with Crippen molar-refractivity contribution in [3.05, 3.63) is 65.7 Å². The second-order valence-corrected chi connectivity index (χ2v) is 8.67. The summed E-state index contributed by atoms with van der Waals surface area (Å²) in [7, 11) is 1.85. The van der Waals surface area contributed by atoms with Crippen LogP contribution in [0.5, 0.6) is 0 Å². The Labute approximate surface area is 174 Å². The topological polar surface area (TPSA) is 76.9 Å². The van der Waals surface area contributed by atoms with E-state index in [-0.39, 0.29) is 17.1 Å². The van der Waals surface area contributed by atoms with Gasteiger partial charge >= 0.3 is 0 Å². The smallest absolute Gasteiger partial charge is 0.257 e. The number of imide groups is 1. The van der Waals surface area contributed by atoms with Crippen molar-refractivity contribution >= 4 is 23.6 Å². The molecule has 0 saturated heterocycles. The van der Waals surface area contributed by atoms with E-state index in [0.29, 0.717) is 10.7 Å². The van der Waals surface area contributed by atoms with Crippen LogP contribution >= 0.6 is 11.8 Å². The van der Waals surface area contributed by atoms with Gasteiger partial charge in [0.1, 0.15) is 0 Å². The molecule has 0 bridgehead atoms. The van der Waals surface area contributed by atoms with E-state index in [1.807, 2.05) is 54.1 Å². The Kier molecular flexibility index (Phi) is 6.17. The monoisotopic (exact) mass is 408 g/mol. The lowest BCUT2D eigenvalue weighted by Gasteiger charge is -2.18. The third-order valence-electron chi connectivity index (χ3n) is 4.47. The lowest BCUT2D eigenvalue weighted by atomic mass is 9.87. The number of benzene rings is 2. The van der Waals surface area contributed by atoms with Crippen LogP contribution in [0.2, 0.25) is 0 Å². The van der Waals surface area contributed by atoms with Gasteiger partial charge in [-0.15, -0.1) is 10.2 Å². The second-order valence-electron chi connectivity index (χ2n) is 7.72. The fourth-order valence-electron chi connectivity index (χ4n) is 2.77. The van der Waals surface area contributed by atoms with Crippen LogP contribution in [0.15, 0.2) is 59.8 Å². The molecule has 6 nitrogen and oxygen atoms in total. The molecule has 1 heterocycles. The first kappa shape index (κ1) is 20.8. The van der Waals surface area contributed by atoms with Crippen molar-refractivity contribution < 1.29 is 9.59 Å². The molecular weight excluding hydrogens is 384 g/mol. The predicted molar refractivity (Wildman–Crippen MR) is 115 cm³/mol. The Balaban J connectivity index is 1.58. The first-order valence-corrected chi connectivity index (χ1v) is 10.3. The maximum atomic E-state index is 12.3. The summed E-state index contributed by atoms with van der Waals surface area (Å²) in [6.07, 6.45) is 0. The molecular formula is C22H24N4O2S. The van der Waals surface area contributed by atoms with Crippen LogP contribution < -0.4 is 5.32 Å². The molecule has 1 aromatic heterocycles. The third-order valence-corrected chi connectivity index (χ3v) is 5.49. The number of carbonyl (C=O) groups is 2. The summed E-state index contributed by atoms with van der Waals surface area (Å²) in [5.74, 6) is 0.0266. The van der Waals surface area contributed by atoms with Crippen molar-refractivity contribution in [1.82, 2.24) is 20.1 Å². The number of aromatic nitrogens is 3. The Morgan fingerprint density at radius 1 is 1.00 bits per heavy atom. The van der Waals surface area contributed by atoms with E-state index in [2.05, 4.69) is 36.3 Å². The van der Waals surface area contributed by atoms with Crippen molar-refractivity contribution in [3.63, 3.8) is 0 Å². The van der Waals surface area contributed by atoms with E-state index in [0.717, 1.165) is 17.0 Å². The number of thioether (sulfide) groups is 1. The van der Waals surface area contributed by atoms with Crippen LogP contribution in [0, 0.1) is 0 Å². The number of hydrogen-bond donors (Lipinski definition) is 1. The number of carbonyl (C=O) groups excluding carboxylic acids is 2. The number of rotatable bonds is 5. The van der Waals surface area contributed by atoms with Gasteiger partial charge in [0.2, 0.25) is 5.91 Å². The summed E-state index contributed by atoms with van der Waals surface area (Å²) in [4.78, 5) is 24.5. The Bertz CT molecular complexity index is 1010. The molecule has 0 aliphatic heterocycles. The minimum absolute atomic E-state index is 0.0101. The van der Waals surface area contributed by atoms with Crippen LogP contribution in [-0.4, -0.2) is 32.3 Å². The Morgan fingerprint density at radius 3 is 2.28 bits per heavy atom. The number of nitrogens with zero attached hydrogens (tertiary/aromatic N) is 3. The molecule has 7 heteroatoms. The SMILES string of the molecule is Cn1c(SCC(=O)NC(=O)c2ccc(C(C)(C)C)cc2)nnc1-c1ccccc1. The average molecular weight is 409 g/mol. The minimum Gasteiger partial charge on any atom is -0.305 e. The summed E-state index contributed by atoms with van der Waals surface area (Å²) < 4.78 is 1.83. The first-order valence-electron chi connectivity index (χ1n) is 9.28. The van der Waals surface area contributed by atoms with Crippen molar-refractivity contribution in [1.29, 1.82) is 0 Å². The Hall–Kier alpha value is -2.93. The molecule has 2 aromatic carbocycles. The van der Waals surface area contributed by atoms with Gasteiger partial charge in [-0.3, -0.25) is 14.9 Å². The standard InChI is InChI=1S/C22H24N4O2S/c1-22(2,3)17-12-10-16(11-13-17)20(28)23-18(27)14-29-21-25-24-19(26(21)4)15-8-6-5-7-9-15/h5-13H,14H2,1-4H3,(H,23,27,28). The summed E-state index contributed by atoms with van der Waals surface area (Å²) in [5.41, 5.74) is 2.55. The Morgan fingerprint density at radius 2 is 1.66 bits per heavy atom. The van der Waals surface area contributed by atoms with Crippen LogP contribution in [0.25, 0.3) is 11.4 Å². The molecule has 0 aliphatic rings. The molecule has 1 N–H and O–H groups in total. The molecule has 0 spiro atoms. The largest absolute Gasteiger partial charge is 0.305 e. The normalized spacial score (nSPS) is 11.3. The maximum absolute atomic E-state index is 12.3. The van der Waals surface area contributed by atoms with Gasteiger partial charge in [0.15, 0.2) is 11.0 Å². The lowest BCUT2D eigenvalue weighted by molar-refractivity contribution is -0.117. The van der Waals surface area contributed by atoms with Gasteiger partial charge in [0.25, 0.3) is 5.91 Å². The van der Waals surface area contributed by atoms with E-state index >= 15 is 0 Å². The number of hydrogen-bond acceptors (Lipinski definition) is 5. The second kappa shape index (κ2) is 8.61. The van der Waals surface area contributed by atoms with Crippen LogP contribution in [0.1, 0.15) is 36.7 Å². The molecule has 0 aliphatic carbocycles. The molecule has 0 saturated carbocycles. The molecule has 2 amide bonds. The van der Waals surface area contributed by atoms with Crippen molar-refractivity contribution in [2.45, 2.75) is 31.3 Å². The zero-order chi connectivity index (χ0) is 21.0. The van der Waals surface area contributed by atoms with E-state index in [9.17, 15) is 9.59 Å². The summed E-state index contributed by atoms with van der Waals surface area (Å²) in [6.45, 7) is 6.33. The van der Waals surface area contributed by atoms with E-state index in [4.69, 9.17) is 0 Å². The van der Waals surface area contributed by atoms with E-state index < -0.39 is 5.91 Å². The molecule has 0 atom stereocenters. The third kappa shape index (κ3) is 5.12. The van der Waals surface area contributed by atoms with Crippen LogP contribution in [-0.2, 0) is 17.3 Å². The van der Waals surface area contributed by atoms with Crippen molar-refractivity contribution in [2.75, 3.05) is 5.75 Å². The van der Waals surface area contributed by atoms with Gasteiger partial charge in [0, 0.05) is 18.2 Å². The highest BCUT2D eigenvalue weighted by Gasteiger charge is 2.17. The van der Waals surface area contributed by atoms with E-state index in [1.165, 1.54) is 11.8 Å². The molecule has 29 heavy (non-hydrogen) atoms. The maximum Gasteiger partial charge on any atom is 0.257 e. The number of nitrogens with one attached hydrogen (secondary N) is 1. The zero-order valence-corrected chi connectivity index (χ0v) is 17.8. The highest BCUT2D eigenvalue weighted by molar-refractivity contribution is 7.99. The predicted octanol–water partition coefficient (Wildman–Crippen LogP) is 3.83. The minimum atomic E-state index is -0.404. The van der Waals surface area contributed by atoms with E-state index in [1.54, 1.807) is 12.1 Å². The molecule has 0 radical (unpaired) electrons. The highest BCUT2D eigenvalue weighted by Crippen LogP contribution is 2.23. The molecule has 0 unspecified atom stereocenters. The average Bonchev–Trinajstić information content (AvgIpc) is 3.07. The summed E-state index contributed by atoms with van der Waals surface area (Å²) in [5, 5.41) is 11.4. The van der Waals surface area contributed by atoms with Crippen molar-refractivity contribution in [3.8, 4) is 11.4 Å². The lowest BCUT2D eigenvalue weighted by Crippen LogP contribution is -2.32. The van der Waals surface area contributed by atoms with Gasteiger partial charge < -0.3 is 4.57 Å². The van der Waals surface area contributed by atoms with Gasteiger partial charge in [-0.2, -0.15) is 0 Å². The molecule has 0 fully saturated rings. The fraction of sp³-hybridized carbons (Fsp3) is 0.273. The summed E-state index contributed by atoms with van der Waals surface area (Å²) >= 11 is 1.24. The molecule has 150 valence electrons. The van der Waals surface area contributed by atoms with Crippen LogP contribution in [0.3, 0.4) is 0 Å².